The number of thiazole rings is 1. The molecule has 5 heteroatoms. The van der Waals surface area contributed by atoms with Crippen molar-refractivity contribution < 1.29 is 4.79 Å². The quantitative estimate of drug-likeness (QED) is 0.619. The fourth-order valence-electron chi connectivity index (χ4n) is 1.24. The van der Waals surface area contributed by atoms with E-state index in [-0.39, 0.29) is 5.78 Å². The van der Waals surface area contributed by atoms with E-state index in [1.807, 2.05) is 24.3 Å². The number of halogens is 1. The van der Waals surface area contributed by atoms with Crippen LogP contribution in [0.15, 0.2) is 34.5 Å². The number of benzene rings is 1. The predicted octanol–water partition coefficient (Wildman–Crippen LogP) is 4.29. The molecule has 1 aromatic carbocycles. The molecule has 0 spiro atoms. The zero-order valence-corrected chi connectivity index (χ0v) is 11.5. The van der Waals surface area contributed by atoms with Gasteiger partial charge in [0.25, 0.3) is 0 Å². The van der Waals surface area contributed by atoms with E-state index in [4.69, 9.17) is 11.6 Å². The third kappa shape index (κ3) is 3.56. The summed E-state index contributed by atoms with van der Waals surface area (Å²) in [4.78, 5) is 16.5. The number of carbonyl (C=O) groups excluding carboxylic acids is 1. The number of Topliss-reactive ketones (excluding diaryl/α,β-unsaturated/α-hetero) is 1. The van der Waals surface area contributed by atoms with Gasteiger partial charge in [-0.2, -0.15) is 0 Å². The second-order valence-electron chi connectivity index (χ2n) is 3.43. The lowest BCUT2D eigenvalue weighted by Crippen LogP contribution is -1.91. The molecule has 0 unspecified atom stereocenters. The molecule has 0 atom stereocenters. The summed E-state index contributed by atoms with van der Waals surface area (Å²) in [5, 5.41) is 3.50. The highest BCUT2D eigenvalue weighted by atomic mass is 35.5. The molecule has 0 bridgehead atoms. The first-order chi connectivity index (χ1) is 8.15. The fourth-order valence-corrected chi connectivity index (χ4v) is 3.30. The van der Waals surface area contributed by atoms with Crippen LogP contribution < -0.4 is 0 Å². The van der Waals surface area contributed by atoms with Gasteiger partial charge in [0.15, 0.2) is 5.78 Å². The van der Waals surface area contributed by atoms with Crippen LogP contribution in [0.2, 0.25) is 5.02 Å². The lowest BCUT2D eigenvalue weighted by Gasteiger charge is -1.99. The van der Waals surface area contributed by atoms with Crippen LogP contribution in [0.5, 0.6) is 0 Å². The Morgan fingerprint density at radius 3 is 3.00 bits per heavy atom. The summed E-state index contributed by atoms with van der Waals surface area (Å²) in [6, 6.07) is 7.71. The normalized spacial score (nSPS) is 10.5. The van der Waals surface area contributed by atoms with Gasteiger partial charge in [-0.1, -0.05) is 17.7 Å². The Morgan fingerprint density at radius 1 is 1.53 bits per heavy atom. The molecular formula is C12H10ClNOS2. The summed E-state index contributed by atoms with van der Waals surface area (Å²) >= 11 is 9.08. The second-order valence-corrected chi connectivity index (χ2v) is 5.86. The van der Waals surface area contributed by atoms with Gasteiger partial charge in [0.2, 0.25) is 0 Å². The highest BCUT2D eigenvalue weighted by Crippen LogP contribution is 2.26. The van der Waals surface area contributed by atoms with Crippen LogP contribution in [0.3, 0.4) is 0 Å². The Morgan fingerprint density at radius 2 is 2.35 bits per heavy atom. The zero-order chi connectivity index (χ0) is 12.3. The smallest absolute Gasteiger partial charge is 0.178 e. The van der Waals surface area contributed by atoms with Crippen LogP contribution >= 0.6 is 34.7 Å². The molecule has 0 N–H and O–H groups in total. The topological polar surface area (TPSA) is 30.0 Å². The van der Waals surface area contributed by atoms with Crippen molar-refractivity contribution >= 4 is 40.5 Å². The van der Waals surface area contributed by atoms with Crippen molar-refractivity contribution in [1.82, 2.24) is 4.98 Å². The second kappa shape index (κ2) is 5.67. The standard InChI is InChI=1S/C12H10ClNOS2/c1-8(15)11-6-17-12(14-11)7-16-10-4-2-3-9(13)5-10/h2-6H,7H2,1H3. The van der Waals surface area contributed by atoms with Crippen LogP contribution in [0, 0.1) is 0 Å². The van der Waals surface area contributed by atoms with Gasteiger partial charge in [0.1, 0.15) is 10.7 Å². The molecule has 0 amide bonds. The van der Waals surface area contributed by atoms with Crippen LogP contribution in [0.25, 0.3) is 0 Å². The van der Waals surface area contributed by atoms with E-state index in [1.54, 1.807) is 17.1 Å². The Bertz CT molecular complexity index is 539. The molecule has 0 aliphatic carbocycles. The highest BCUT2D eigenvalue weighted by molar-refractivity contribution is 7.98. The third-order valence-electron chi connectivity index (χ3n) is 2.07. The Hall–Kier alpha value is -0.840. The molecular weight excluding hydrogens is 274 g/mol. The molecule has 1 heterocycles. The number of hydrogen-bond acceptors (Lipinski definition) is 4. The summed E-state index contributed by atoms with van der Waals surface area (Å²) in [5.74, 6) is 0.776. The predicted molar refractivity (Wildman–Crippen MR) is 73.1 cm³/mol. The van der Waals surface area contributed by atoms with Crippen molar-refractivity contribution in [2.24, 2.45) is 0 Å². The van der Waals surface area contributed by atoms with Crippen molar-refractivity contribution in [2.45, 2.75) is 17.6 Å². The van der Waals surface area contributed by atoms with Gasteiger partial charge in [-0.15, -0.1) is 23.1 Å². The maximum absolute atomic E-state index is 11.1. The Labute approximate surface area is 113 Å². The van der Waals surface area contributed by atoms with Gasteiger partial charge in [0, 0.05) is 22.2 Å². The first-order valence-electron chi connectivity index (χ1n) is 4.99. The minimum Gasteiger partial charge on any atom is -0.293 e. The molecule has 17 heavy (non-hydrogen) atoms. The lowest BCUT2D eigenvalue weighted by molar-refractivity contribution is 0.101. The summed E-state index contributed by atoms with van der Waals surface area (Å²) in [6.07, 6.45) is 0. The average molecular weight is 284 g/mol. The van der Waals surface area contributed by atoms with Gasteiger partial charge >= 0.3 is 0 Å². The van der Waals surface area contributed by atoms with Gasteiger partial charge in [-0.05, 0) is 18.2 Å². The molecule has 2 aromatic rings. The van der Waals surface area contributed by atoms with Gasteiger partial charge < -0.3 is 0 Å². The number of rotatable bonds is 4. The number of carbonyl (C=O) groups is 1. The third-order valence-corrected chi connectivity index (χ3v) is 4.34. The number of hydrogen-bond donors (Lipinski definition) is 0. The van der Waals surface area contributed by atoms with E-state index in [1.165, 1.54) is 18.3 Å². The molecule has 88 valence electrons. The first kappa shape index (κ1) is 12.6. The molecule has 2 nitrogen and oxygen atoms in total. The maximum Gasteiger partial charge on any atom is 0.178 e. The largest absolute Gasteiger partial charge is 0.293 e. The molecule has 2 rings (SSSR count). The van der Waals surface area contributed by atoms with E-state index in [0.717, 1.165) is 20.7 Å². The molecule has 0 saturated heterocycles. The fraction of sp³-hybridized carbons (Fsp3) is 0.167. The average Bonchev–Trinajstić information content (AvgIpc) is 2.75. The Kier molecular flexibility index (Phi) is 4.20. The van der Waals surface area contributed by atoms with Crippen molar-refractivity contribution in [3.63, 3.8) is 0 Å². The van der Waals surface area contributed by atoms with E-state index in [0.29, 0.717) is 5.69 Å². The molecule has 0 aliphatic rings. The van der Waals surface area contributed by atoms with Crippen molar-refractivity contribution in [3.05, 3.63) is 45.4 Å². The summed E-state index contributed by atoms with van der Waals surface area (Å²) in [7, 11) is 0. The molecule has 0 fully saturated rings. The van der Waals surface area contributed by atoms with Crippen LogP contribution in [-0.4, -0.2) is 10.8 Å². The molecule has 1 aromatic heterocycles. The summed E-state index contributed by atoms with van der Waals surface area (Å²) < 4.78 is 0. The van der Waals surface area contributed by atoms with E-state index >= 15 is 0 Å². The van der Waals surface area contributed by atoms with E-state index < -0.39 is 0 Å². The van der Waals surface area contributed by atoms with Gasteiger partial charge in [-0.3, -0.25) is 4.79 Å². The minimum absolute atomic E-state index is 0.0141. The summed E-state index contributed by atoms with van der Waals surface area (Å²) in [5.41, 5.74) is 0.552. The van der Waals surface area contributed by atoms with Crippen molar-refractivity contribution in [3.8, 4) is 0 Å². The maximum atomic E-state index is 11.1. The van der Waals surface area contributed by atoms with Crippen LogP contribution in [0.4, 0.5) is 0 Å². The minimum atomic E-state index is 0.0141. The summed E-state index contributed by atoms with van der Waals surface area (Å²) in [6.45, 7) is 1.53. The first-order valence-corrected chi connectivity index (χ1v) is 7.23. The Balaban J connectivity index is 2.00. The van der Waals surface area contributed by atoms with Crippen molar-refractivity contribution in [1.29, 1.82) is 0 Å². The van der Waals surface area contributed by atoms with Crippen molar-refractivity contribution in [2.75, 3.05) is 0 Å². The highest BCUT2D eigenvalue weighted by Gasteiger charge is 2.06. The monoisotopic (exact) mass is 283 g/mol. The molecule has 0 saturated carbocycles. The van der Waals surface area contributed by atoms with Gasteiger partial charge in [-0.25, -0.2) is 4.98 Å². The number of ketones is 1. The number of thioether (sulfide) groups is 1. The number of nitrogens with zero attached hydrogens (tertiary/aromatic N) is 1. The van der Waals surface area contributed by atoms with Crippen LogP contribution in [0.1, 0.15) is 22.4 Å². The van der Waals surface area contributed by atoms with E-state index in [2.05, 4.69) is 4.98 Å². The lowest BCUT2D eigenvalue weighted by atomic mass is 10.4. The van der Waals surface area contributed by atoms with E-state index in [9.17, 15) is 4.79 Å². The van der Waals surface area contributed by atoms with Crippen LogP contribution in [-0.2, 0) is 5.75 Å². The van der Waals surface area contributed by atoms with Gasteiger partial charge in [0.05, 0.1) is 5.75 Å². The molecule has 0 aliphatic heterocycles. The molecule has 0 radical (unpaired) electrons. The SMILES string of the molecule is CC(=O)c1csc(CSc2cccc(Cl)c2)n1. The zero-order valence-electron chi connectivity index (χ0n) is 9.14. The number of aromatic nitrogens is 1.